The highest BCUT2D eigenvalue weighted by atomic mass is 35.5. The van der Waals surface area contributed by atoms with E-state index in [0.29, 0.717) is 16.5 Å². The number of fused-ring (bicyclic) bond motifs is 1. The highest BCUT2D eigenvalue weighted by Crippen LogP contribution is 2.41. The molecule has 0 radical (unpaired) electrons. The smallest absolute Gasteiger partial charge is 0.223 e. The lowest BCUT2D eigenvalue weighted by Crippen LogP contribution is -2.39. The summed E-state index contributed by atoms with van der Waals surface area (Å²) in [6.45, 7) is 2.63. The lowest BCUT2D eigenvalue weighted by atomic mass is 9.93. The van der Waals surface area contributed by atoms with Crippen LogP contribution in [0, 0.1) is 0 Å². The third kappa shape index (κ3) is 2.70. The van der Waals surface area contributed by atoms with Gasteiger partial charge in [0.1, 0.15) is 0 Å². The van der Waals surface area contributed by atoms with Gasteiger partial charge < -0.3 is 4.90 Å². The fourth-order valence-electron chi connectivity index (χ4n) is 2.85. The molecule has 2 nitrogen and oxygen atoms in total. The molecule has 5 heteroatoms. The van der Waals surface area contributed by atoms with Crippen molar-refractivity contribution in [1.29, 1.82) is 0 Å². The third-order valence-electron chi connectivity index (χ3n) is 3.85. The first-order chi connectivity index (χ1) is 10.1. The average Bonchev–Trinajstić information content (AvgIpc) is 2.94. The molecule has 1 aromatic carbocycles. The van der Waals surface area contributed by atoms with Gasteiger partial charge in [-0.2, -0.15) is 0 Å². The molecule has 0 bridgehead atoms. The number of rotatable bonds is 2. The Morgan fingerprint density at radius 2 is 2.14 bits per heavy atom. The number of carbonyl (C=O) groups excluding carboxylic acids is 1. The Morgan fingerprint density at radius 1 is 1.33 bits per heavy atom. The SMILES string of the molecule is CCC(=O)N1CCc2sccc2C1c1ccc(Cl)cc1Cl. The van der Waals surface area contributed by atoms with Gasteiger partial charge in [0, 0.05) is 27.9 Å². The van der Waals surface area contributed by atoms with Crippen molar-refractivity contribution < 1.29 is 4.79 Å². The van der Waals surface area contributed by atoms with Gasteiger partial charge in [0.2, 0.25) is 5.91 Å². The van der Waals surface area contributed by atoms with Gasteiger partial charge in [-0.3, -0.25) is 4.79 Å². The maximum Gasteiger partial charge on any atom is 0.223 e. The second-order valence-corrected chi connectivity index (χ2v) is 6.90. The van der Waals surface area contributed by atoms with E-state index in [1.165, 1.54) is 10.4 Å². The number of nitrogens with zero attached hydrogens (tertiary/aromatic N) is 1. The van der Waals surface area contributed by atoms with Gasteiger partial charge in [-0.1, -0.05) is 36.2 Å². The van der Waals surface area contributed by atoms with E-state index in [-0.39, 0.29) is 11.9 Å². The number of thiophene rings is 1. The van der Waals surface area contributed by atoms with E-state index in [2.05, 4.69) is 11.4 Å². The average molecular weight is 340 g/mol. The lowest BCUT2D eigenvalue weighted by molar-refractivity contribution is -0.132. The topological polar surface area (TPSA) is 20.3 Å². The molecule has 1 unspecified atom stereocenters. The van der Waals surface area contributed by atoms with Crippen molar-refractivity contribution in [3.8, 4) is 0 Å². The van der Waals surface area contributed by atoms with Gasteiger partial charge in [-0.05, 0) is 41.1 Å². The molecule has 110 valence electrons. The Morgan fingerprint density at radius 3 is 2.86 bits per heavy atom. The summed E-state index contributed by atoms with van der Waals surface area (Å²) in [6.07, 6.45) is 1.42. The Balaban J connectivity index is 2.12. The maximum atomic E-state index is 12.3. The van der Waals surface area contributed by atoms with Crippen LogP contribution >= 0.6 is 34.5 Å². The summed E-state index contributed by atoms with van der Waals surface area (Å²) in [5.41, 5.74) is 2.14. The molecule has 1 atom stereocenters. The zero-order valence-electron chi connectivity index (χ0n) is 11.6. The second kappa shape index (κ2) is 5.99. The van der Waals surface area contributed by atoms with Crippen LogP contribution in [-0.2, 0) is 11.2 Å². The zero-order valence-corrected chi connectivity index (χ0v) is 13.9. The number of halogens is 2. The standard InChI is InChI=1S/C16H15Cl2NOS/c1-2-15(20)19-7-5-14-12(6-8-21-14)16(19)11-4-3-10(17)9-13(11)18/h3-4,6,8-9,16H,2,5,7H2,1H3. The molecule has 2 heterocycles. The summed E-state index contributed by atoms with van der Waals surface area (Å²) in [6, 6.07) is 7.51. The maximum absolute atomic E-state index is 12.3. The molecule has 0 fully saturated rings. The first kappa shape index (κ1) is 14.9. The van der Waals surface area contributed by atoms with Crippen molar-refractivity contribution in [3.05, 3.63) is 55.7 Å². The molecule has 0 spiro atoms. The Bertz CT molecular complexity index is 683. The predicted molar refractivity (Wildman–Crippen MR) is 88.3 cm³/mol. The largest absolute Gasteiger partial charge is 0.331 e. The van der Waals surface area contributed by atoms with Crippen molar-refractivity contribution in [3.63, 3.8) is 0 Å². The Hall–Kier alpha value is -1.03. The molecule has 1 amide bonds. The number of carbonyl (C=O) groups is 1. The third-order valence-corrected chi connectivity index (χ3v) is 5.40. The highest BCUT2D eigenvalue weighted by Gasteiger charge is 2.33. The van der Waals surface area contributed by atoms with Crippen LogP contribution in [0.3, 0.4) is 0 Å². The quantitative estimate of drug-likeness (QED) is 0.758. The first-order valence-electron chi connectivity index (χ1n) is 6.92. The van der Waals surface area contributed by atoms with Gasteiger partial charge in [-0.15, -0.1) is 11.3 Å². The van der Waals surface area contributed by atoms with Crippen LogP contribution in [0.4, 0.5) is 0 Å². The normalized spacial score (nSPS) is 17.7. The van der Waals surface area contributed by atoms with Crippen molar-refractivity contribution in [2.45, 2.75) is 25.8 Å². The van der Waals surface area contributed by atoms with E-state index in [0.717, 1.165) is 18.5 Å². The van der Waals surface area contributed by atoms with E-state index in [9.17, 15) is 4.79 Å². The fraction of sp³-hybridized carbons (Fsp3) is 0.312. The summed E-state index contributed by atoms with van der Waals surface area (Å²) in [4.78, 5) is 15.6. The molecule has 3 rings (SSSR count). The molecule has 0 saturated carbocycles. The van der Waals surface area contributed by atoms with Gasteiger partial charge in [0.15, 0.2) is 0 Å². The number of benzene rings is 1. The summed E-state index contributed by atoms with van der Waals surface area (Å²) < 4.78 is 0. The molecule has 0 aliphatic carbocycles. The van der Waals surface area contributed by atoms with E-state index in [1.807, 2.05) is 24.0 Å². The second-order valence-electron chi connectivity index (χ2n) is 5.06. The Labute approximate surface area is 138 Å². The van der Waals surface area contributed by atoms with E-state index < -0.39 is 0 Å². The predicted octanol–water partition coefficient (Wildman–Crippen LogP) is 4.94. The highest BCUT2D eigenvalue weighted by molar-refractivity contribution is 7.10. The lowest BCUT2D eigenvalue weighted by Gasteiger charge is -2.36. The van der Waals surface area contributed by atoms with Crippen LogP contribution in [-0.4, -0.2) is 17.4 Å². The van der Waals surface area contributed by atoms with Crippen molar-refractivity contribution in [2.24, 2.45) is 0 Å². The molecule has 21 heavy (non-hydrogen) atoms. The minimum Gasteiger partial charge on any atom is -0.331 e. The molecular formula is C16H15Cl2NOS. The molecular weight excluding hydrogens is 325 g/mol. The Kier molecular flexibility index (Phi) is 4.25. The molecule has 1 aliphatic heterocycles. The van der Waals surface area contributed by atoms with Crippen LogP contribution in [0.1, 0.15) is 35.4 Å². The molecule has 1 aromatic heterocycles. The zero-order chi connectivity index (χ0) is 15.0. The van der Waals surface area contributed by atoms with Crippen molar-refractivity contribution in [1.82, 2.24) is 4.90 Å². The number of amides is 1. The summed E-state index contributed by atoms with van der Waals surface area (Å²) >= 11 is 14.1. The molecule has 0 N–H and O–H groups in total. The van der Waals surface area contributed by atoms with Crippen molar-refractivity contribution in [2.75, 3.05) is 6.54 Å². The van der Waals surface area contributed by atoms with E-state index >= 15 is 0 Å². The number of hydrogen-bond donors (Lipinski definition) is 0. The van der Waals surface area contributed by atoms with E-state index in [1.54, 1.807) is 17.4 Å². The van der Waals surface area contributed by atoms with Crippen LogP contribution < -0.4 is 0 Å². The van der Waals surface area contributed by atoms with Gasteiger partial charge in [0.25, 0.3) is 0 Å². The van der Waals surface area contributed by atoms with Gasteiger partial charge in [-0.25, -0.2) is 0 Å². The molecule has 2 aromatic rings. The monoisotopic (exact) mass is 339 g/mol. The fourth-order valence-corrected chi connectivity index (χ4v) is 4.26. The van der Waals surface area contributed by atoms with Crippen LogP contribution in [0.2, 0.25) is 10.0 Å². The molecule has 0 saturated heterocycles. The van der Waals surface area contributed by atoms with Crippen LogP contribution in [0.25, 0.3) is 0 Å². The summed E-state index contributed by atoms with van der Waals surface area (Å²) in [7, 11) is 0. The van der Waals surface area contributed by atoms with Crippen molar-refractivity contribution >= 4 is 40.4 Å². The van der Waals surface area contributed by atoms with Crippen LogP contribution in [0.15, 0.2) is 29.6 Å². The first-order valence-corrected chi connectivity index (χ1v) is 8.56. The summed E-state index contributed by atoms with van der Waals surface area (Å²) in [5.74, 6) is 0.155. The van der Waals surface area contributed by atoms with E-state index in [4.69, 9.17) is 23.2 Å². The minimum atomic E-state index is -0.0998. The van der Waals surface area contributed by atoms with Gasteiger partial charge >= 0.3 is 0 Å². The number of hydrogen-bond acceptors (Lipinski definition) is 2. The van der Waals surface area contributed by atoms with Gasteiger partial charge in [0.05, 0.1) is 6.04 Å². The summed E-state index contributed by atoms with van der Waals surface area (Å²) in [5, 5.41) is 3.31. The minimum absolute atomic E-state index is 0.0998. The molecule has 1 aliphatic rings. The van der Waals surface area contributed by atoms with Crippen LogP contribution in [0.5, 0.6) is 0 Å².